The second kappa shape index (κ2) is 6.11. The van der Waals surface area contributed by atoms with E-state index in [0.29, 0.717) is 17.2 Å². The average molecular weight is 379 g/mol. The highest BCUT2D eigenvalue weighted by atomic mass is 19.4. The summed E-state index contributed by atoms with van der Waals surface area (Å²) in [6.07, 6.45) is -3.14. The number of hydrazone groups is 1. The van der Waals surface area contributed by atoms with E-state index >= 15 is 0 Å². The minimum absolute atomic E-state index is 0.126. The SMILES string of the molecule is CC1=C(C(N)=O)C(c2cc(C)cc(C(F)(F)F)c2)(C(C)C)N2N=CNC2=N1. The van der Waals surface area contributed by atoms with Crippen molar-refractivity contribution in [2.24, 2.45) is 21.7 Å². The van der Waals surface area contributed by atoms with Crippen LogP contribution in [0.15, 0.2) is 39.6 Å². The number of carbonyl (C=O) groups excluding carboxylic acids is 1. The Morgan fingerprint density at radius 2 is 1.93 bits per heavy atom. The summed E-state index contributed by atoms with van der Waals surface area (Å²) in [5.41, 5.74) is 4.72. The number of alkyl halides is 3. The average Bonchev–Trinajstić information content (AvgIpc) is 2.99. The molecule has 9 heteroatoms. The van der Waals surface area contributed by atoms with Crippen molar-refractivity contribution in [1.29, 1.82) is 0 Å². The maximum atomic E-state index is 13.5. The van der Waals surface area contributed by atoms with Crippen LogP contribution in [0.4, 0.5) is 13.2 Å². The van der Waals surface area contributed by atoms with E-state index in [0.717, 1.165) is 12.1 Å². The van der Waals surface area contributed by atoms with Gasteiger partial charge < -0.3 is 11.1 Å². The third kappa shape index (κ3) is 2.77. The van der Waals surface area contributed by atoms with Crippen molar-refractivity contribution >= 4 is 18.2 Å². The topological polar surface area (TPSA) is 83.1 Å². The van der Waals surface area contributed by atoms with Gasteiger partial charge in [0.25, 0.3) is 0 Å². The van der Waals surface area contributed by atoms with Gasteiger partial charge in [0, 0.05) is 0 Å². The van der Waals surface area contributed by atoms with Crippen LogP contribution in [0.25, 0.3) is 0 Å². The fourth-order valence-corrected chi connectivity index (χ4v) is 3.86. The van der Waals surface area contributed by atoms with Crippen molar-refractivity contribution in [3.05, 3.63) is 46.2 Å². The number of nitrogens with two attached hydrogens (primary N) is 1. The van der Waals surface area contributed by atoms with Gasteiger partial charge in [0.05, 0.1) is 16.8 Å². The Labute approximate surface area is 154 Å². The summed E-state index contributed by atoms with van der Waals surface area (Å²) in [5, 5.41) is 8.55. The molecular weight excluding hydrogens is 359 g/mol. The first-order valence-electron chi connectivity index (χ1n) is 8.38. The molecule has 3 rings (SSSR count). The predicted octanol–water partition coefficient (Wildman–Crippen LogP) is 2.84. The standard InChI is InChI=1S/C18H20F3N5O/c1-9(2)17(12-5-10(3)6-13(7-12)18(19,20)21)14(15(22)27)11(4)25-16-23-8-24-26(16)17/h5-9H,1-4H3,(H2,22,27)(H,23,24,25). The summed E-state index contributed by atoms with van der Waals surface area (Å²) >= 11 is 0. The van der Waals surface area contributed by atoms with Gasteiger partial charge in [0.15, 0.2) is 0 Å². The van der Waals surface area contributed by atoms with E-state index in [9.17, 15) is 18.0 Å². The van der Waals surface area contributed by atoms with Crippen LogP contribution < -0.4 is 11.1 Å². The number of aliphatic imine (C=N–C) groups is 1. The number of rotatable bonds is 3. The molecule has 144 valence electrons. The fourth-order valence-electron chi connectivity index (χ4n) is 3.86. The van der Waals surface area contributed by atoms with Crippen LogP contribution in [0.2, 0.25) is 0 Å². The lowest BCUT2D eigenvalue weighted by molar-refractivity contribution is -0.137. The molecule has 2 heterocycles. The fraction of sp³-hybridized carbons (Fsp3) is 0.389. The number of halogens is 3. The first-order valence-corrected chi connectivity index (χ1v) is 8.38. The molecule has 0 spiro atoms. The van der Waals surface area contributed by atoms with Crippen molar-refractivity contribution in [1.82, 2.24) is 10.3 Å². The van der Waals surface area contributed by atoms with Gasteiger partial charge in [-0.3, -0.25) is 4.79 Å². The van der Waals surface area contributed by atoms with Crippen LogP contribution in [0.1, 0.15) is 37.5 Å². The highest BCUT2D eigenvalue weighted by Crippen LogP contribution is 2.48. The number of nitrogens with one attached hydrogen (secondary N) is 1. The van der Waals surface area contributed by atoms with E-state index in [1.165, 1.54) is 11.3 Å². The van der Waals surface area contributed by atoms with E-state index in [4.69, 9.17) is 5.73 Å². The molecule has 0 radical (unpaired) electrons. The number of hydrogen-bond donors (Lipinski definition) is 2. The molecule has 0 aromatic heterocycles. The molecule has 2 aliphatic heterocycles. The van der Waals surface area contributed by atoms with E-state index in [1.807, 2.05) is 13.8 Å². The van der Waals surface area contributed by atoms with Crippen molar-refractivity contribution < 1.29 is 18.0 Å². The van der Waals surface area contributed by atoms with Gasteiger partial charge in [0.1, 0.15) is 11.9 Å². The van der Waals surface area contributed by atoms with Gasteiger partial charge >= 0.3 is 6.18 Å². The summed E-state index contributed by atoms with van der Waals surface area (Å²) in [6, 6.07) is 3.75. The molecule has 0 saturated carbocycles. The second-order valence-electron chi connectivity index (χ2n) is 6.97. The number of nitrogens with zero attached hydrogens (tertiary/aromatic N) is 3. The molecule has 1 unspecified atom stereocenters. The summed E-state index contributed by atoms with van der Waals surface area (Å²) in [7, 11) is 0. The minimum atomic E-state index is -4.53. The van der Waals surface area contributed by atoms with Gasteiger partial charge in [-0.2, -0.15) is 18.3 Å². The number of guanidine groups is 1. The Bertz CT molecular complexity index is 901. The molecule has 1 aromatic rings. The molecule has 1 aromatic carbocycles. The second-order valence-corrected chi connectivity index (χ2v) is 6.97. The molecule has 0 aliphatic carbocycles. The van der Waals surface area contributed by atoms with Crippen LogP contribution >= 0.6 is 0 Å². The zero-order valence-corrected chi connectivity index (χ0v) is 15.3. The summed E-state index contributed by atoms with van der Waals surface area (Å²) in [5.74, 6) is -0.761. The molecule has 3 N–H and O–H groups in total. The lowest BCUT2D eigenvalue weighted by Gasteiger charge is -2.47. The molecule has 1 atom stereocenters. The Morgan fingerprint density at radius 3 is 2.48 bits per heavy atom. The van der Waals surface area contributed by atoms with Gasteiger partial charge in [-0.1, -0.05) is 25.5 Å². The highest BCUT2D eigenvalue weighted by molar-refractivity contribution is 6.02. The molecule has 0 fully saturated rings. The zero-order valence-electron chi connectivity index (χ0n) is 15.3. The first-order chi connectivity index (χ1) is 12.5. The lowest BCUT2D eigenvalue weighted by atomic mass is 9.71. The quantitative estimate of drug-likeness (QED) is 0.847. The minimum Gasteiger partial charge on any atom is -0.366 e. The molecule has 0 bridgehead atoms. The molecule has 6 nitrogen and oxygen atoms in total. The van der Waals surface area contributed by atoms with Crippen LogP contribution in [-0.2, 0) is 16.5 Å². The van der Waals surface area contributed by atoms with Crippen LogP contribution in [0.3, 0.4) is 0 Å². The van der Waals surface area contributed by atoms with Crippen molar-refractivity contribution in [3.63, 3.8) is 0 Å². The number of fused-ring (bicyclic) bond motifs is 1. The van der Waals surface area contributed by atoms with Gasteiger partial charge in [-0.25, -0.2) is 10.0 Å². The monoisotopic (exact) mass is 379 g/mol. The first kappa shape index (κ1) is 18.9. The highest BCUT2D eigenvalue weighted by Gasteiger charge is 2.53. The Kier molecular flexibility index (Phi) is 4.28. The number of primary amides is 1. The van der Waals surface area contributed by atoms with Gasteiger partial charge in [-0.05, 0) is 37.5 Å². The van der Waals surface area contributed by atoms with E-state index in [1.54, 1.807) is 19.9 Å². The maximum Gasteiger partial charge on any atom is 0.416 e. The van der Waals surface area contributed by atoms with Crippen molar-refractivity contribution in [2.45, 2.75) is 39.4 Å². The van der Waals surface area contributed by atoms with Crippen molar-refractivity contribution in [3.8, 4) is 0 Å². The predicted molar refractivity (Wildman–Crippen MR) is 95.5 cm³/mol. The molecule has 27 heavy (non-hydrogen) atoms. The lowest BCUT2D eigenvalue weighted by Crippen LogP contribution is -2.56. The van der Waals surface area contributed by atoms with Crippen LogP contribution in [-0.4, -0.2) is 23.2 Å². The molecular formula is C18H20F3N5O. The molecule has 2 aliphatic rings. The largest absolute Gasteiger partial charge is 0.416 e. The summed E-state index contributed by atoms with van der Waals surface area (Å²) < 4.78 is 40.4. The smallest absolute Gasteiger partial charge is 0.366 e. The number of aryl methyl sites for hydroxylation is 1. The van der Waals surface area contributed by atoms with E-state index in [2.05, 4.69) is 15.4 Å². The Morgan fingerprint density at radius 1 is 1.26 bits per heavy atom. The number of amides is 1. The number of hydrogen-bond acceptors (Lipinski definition) is 5. The third-order valence-electron chi connectivity index (χ3n) is 4.84. The van der Waals surface area contributed by atoms with Crippen LogP contribution in [0.5, 0.6) is 0 Å². The summed E-state index contributed by atoms with van der Waals surface area (Å²) in [4.78, 5) is 16.7. The Balaban J connectivity index is 2.40. The molecule has 1 amide bonds. The zero-order chi connectivity index (χ0) is 20.1. The third-order valence-corrected chi connectivity index (χ3v) is 4.84. The number of benzene rings is 1. The van der Waals surface area contributed by atoms with Gasteiger partial charge in [-0.15, -0.1) is 0 Å². The van der Waals surface area contributed by atoms with E-state index < -0.39 is 23.2 Å². The summed E-state index contributed by atoms with van der Waals surface area (Å²) in [6.45, 7) is 6.81. The molecule has 0 saturated heterocycles. The Hall–Kier alpha value is -2.84. The van der Waals surface area contributed by atoms with Gasteiger partial charge in [0.2, 0.25) is 11.9 Å². The normalized spacial score (nSPS) is 22.1. The van der Waals surface area contributed by atoms with Crippen molar-refractivity contribution in [2.75, 3.05) is 0 Å². The van der Waals surface area contributed by atoms with E-state index in [-0.39, 0.29) is 17.1 Å². The number of allylic oxidation sites excluding steroid dienone is 1. The number of carbonyl (C=O) groups is 1. The maximum absolute atomic E-state index is 13.5. The van der Waals surface area contributed by atoms with Crippen LogP contribution in [0, 0.1) is 12.8 Å².